The number of hydrogen-bond acceptors (Lipinski definition) is 20. The molecule has 0 aromatic heterocycles. The largest absolute Gasteiger partial charge is 0.469 e. The molecule has 21 heteroatoms. The number of nitrogens with two attached hydrogens (primary N) is 2. The van der Waals surface area contributed by atoms with Crippen LogP contribution in [0.4, 0.5) is 0 Å². The maximum absolute atomic E-state index is 13.2. The zero-order chi connectivity index (χ0) is 55.1. The molecular weight excluding hydrogens is 967 g/mol. The van der Waals surface area contributed by atoms with Crippen molar-refractivity contribution < 1.29 is 89.1 Å². The van der Waals surface area contributed by atoms with Crippen molar-refractivity contribution in [2.75, 3.05) is 13.7 Å². The van der Waals surface area contributed by atoms with Gasteiger partial charge in [0.25, 0.3) is 0 Å². The number of aliphatic hydroxyl groups excluding tert-OH is 9. The average Bonchev–Trinajstić information content (AvgIpc) is 3.33. The van der Waals surface area contributed by atoms with Crippen molar-refractivity contribution in [1.29, 1.82) is 0 Å². The van der Waals surface area contributed by atoms with E-state index in [1.165, 1.54) is 13.0 Å². The van der Waals surface area contributed by atoms with Gasteiger partial charge in [-0.1, -0.05) is 98.9 Å². The predicted octanol–water partition coefficient (Wildman–Crippen LogP) is 0.0238. The zero-order valence-corrected chi connectivity index (χ0v) is 43.2. The molecule has 2 saturated heterocycles. The zero-order valence-electron chi connectivity index (χ0n) is 43.2. The third-order valence-electron chi connectivity index (χ3n) is 13.5. The summed E-state index contributed by atoms with van der Waals surface area (Å²) in [6, 6.07) is -2.30. The lowest BCUT2D eigenvalue weighted by Gasteiger charge is -2.46. The van der Waals surface area contributed by atoms with Crippen molar-refractivity contribution in [3.63, 3.8) is 0 Å². The fraction of sp³-hybridized carbons (Fsp3) is 0.679. The van der Waals surface area contributed by atoms with E-state index in [0.29, 0.717) is 13.0 Å². The van der Waals surface area contributed by atoms with E-state index in [4.69, 9.17) is 35.2 Å². The molecule has 0 spiro atoms. The van der Waals surface area contributed by atoms with Gasteiger partial charge >= 0.3 is 11.9 Å². The summed E-state index contributed by atoms with van der Waals surface area (Å²) < 4.78 is 28.8. The minimum Gasteiger partial charge on any atom is -0.469 e. The smallest absolute Gasteiger partial charge is 0.313 e. The molecule has 20 unspecified atom stereocenters. The summed E-state index contributed by atoms with van der Waals surface area (Å²) in [6.45, 7) is 7.01. The van der Waals surface area contributed by atoms with E-state index < -0.39 is 159 Å². The molecule has 20 atom stereocenters. The van der Waals surface area contributed by atoms with Crippen LogP contribution in [-0.4, -0.2) is 186 Å². The van der Waals surface area contributed by atoms with Gasteiger partial charge in [0.05, 0.1) is 86.7 Å². The average molecular weight is 1050 g/mol. The van der Waals surface area contributed by atoms with Gasteiger partial charge in [0.15, 0.2) is 12.1 Å². The highest BCUT2D eigenvalue weighted by atomic mass is 16.7. The highest BCUT2D eigenvalue weighted by Gasteiger charge is 2.51. The van der Waals surface area contributed by atoms with Crippen LogP contribution in [0.15, 0.2) is 85.1 Å². The van der Waals surface area contributed by atoms with E-state index >= 15 is 0 Å². The number of ether oxygens (including phenoxy) is 5. The van der Waals surface area contributed by atoms with Crippen molar-refractivity contribution in [1.82, 2.24) is 5.32 Å². The molecule has 3 rings (SSSR count). The molecule has 0 aromatic carbocycles. The maximum atomic E-state index is 13.2. The first-order valence-corrected chi connectivity index (χ1v) is 25.6. The minimum absolute atomic E-state index is 0.116. The van der Waals surface area contributed by atoms with Gasteiger partial charge in [-0.2, -0.15) is 0 Å². The Morgan fingerprint density at radius 2 is 1.32 bits per heavy atom. The first kappa shape index (κ1) is 64.3. The van der Waals surface area contributed by atoms with Crippen LogP contribution in [-0.2, 0) is 38.1 Å². The van der Waals surface area contributed by atoms with Crippen molar-refractivity contribution in [3.05, 3.63) is 85.1 Å². The van der Waals surface area contributed by atoms with Crippen LogP contribution >= 0.6 is 0 Å². The lowest BCUT2D eigenvalue weighted by Crippen LogP contribution is -2.65. The number of methoxy groups -OCH3 is 1. The summed E-state index contributed by atoms with van der Waals surface area (Å²) in [6.07, 6.45) is 3.53. The summed E-state index contributed by atoms with van der Waals surface area (Å²) >= 11 is 0. The molecule has 0 aromatic rings. The Kier molecular flexibility index (Phi) is 28.3. The highest BCUT2D eigenvalue weighted by molar-refractivity contribution is 5.81. The SMILES string of the molecule is COC(=O)C1C(O)CC2(O)CC(O)CC(O)C(O)CCC(O)CC(O)CC(=O)OC(C)C(C)C(O)C(C)/C=C/C=C/C=C/C=C/C=C/C=C/C=C/C(OC3OC(C)C(O)C(NC(=O)C(N)CCCN)C3O)CC1O2. The predicted molar refractivity (Wildman–Crippen MR) is 272 cm³/mol. The first-order chi connectivity index (χ1) is 35.0. The number of fused-ring (bicyclic) bond motifs is 2. The summed E-state index contributed by atoms with van der Waals surface area (Å²) in [4.78, 5) is 38.9. The van der Waals surface area contributed by atoms with E-state index in [0.717, 1.165) is 7.11 Å². The Bertz CT molecular complexity index is 1910. The van der Waals surface area contributed by atoms with Crippen molar-refractivity contribution in [2.45, 2.75) is 195 Å². The lowest BCUT2D eigenvalue weighted by atomic mass is 9.82. The van der Waals surface area contributed by atoms with Gasteiger partial charge in [0.2, 0.25) is 5.91 Å². The summed E-state index contributed by atoms with van der Waals surface area (Å²) in [5, 5.41) is 113. The number of esters is 2. The number of amides is 1. The standard InChI is InChI=1S/C53H85N3O18/c1-31-19-16-14-12-10-8-6-7-9-11-13-15-17-20-38(73-52-49(66)46(48(65)34(4)72-52)56-50(67)39(55)21-18-24-54)28-43-45(51(68)70-5)42(62)30-53(69,74-43)29-37(59)26-41(61)40(60)23-22-35(57)25-36(58)27-44(63)71-33(3)32(2)47(31)64/h6-17,19-20,31-43,45-49,52,57-62,64-66,69H,18,21-30,54-55H2,1-5H3,(H,56,67)/b7-6+,10-8+,11-9+,14-12+,15-13+,19-16+,20-17+. The molecule has 2 fully saturated rings. The first-order valence-electron chi connectivity index (χ1n) is 25.6. The van der Waals surface area contributed by atoms with Gasteiger partial charge in [-0.15, -0.1) is 0 Å². The van der Waals surface area contributed by atoms with Crippen LogP contribution in [0.5, 0.6) is 0 Å². The molecule has 0 radical (unpaired) electrons. The number of hydrogen-bond donors (Lipinski definition) is 13. The topological polar surface area (TPSA) is 364 Å². The number of rotatable bonds is 8. The molecule has 21 nitrogen and oxygen atoms in total. The van der Waals surface area contributed by atoms with Crippen LogP contribution in [0.1, 0.15) is 91.9 Å². The van der Waals surface area contributed by atoms with E-state index in [1.54, 1.807) is 86.8 Å². The van der Waals surface area contributed by atoms with Crippen molar-refractivity contribution in [3.8, 4) is 0 Å². The number of aliphatic hydroxyl groups is 10. The molecule has 2 bridgehead atoms. The molecule has 1 amide bonds. The Labute approximate surface area is 434 Å². The second-order valence-corrected chi connectivity index (χ2v) is 19.7. The van der Waals surface area contributed by atoms with Crippen molar-refractivity contribution in [2.24, 2.45) is 29.2 Å². The van der Waals surface area contributed by atoms with Gasteiger partial charge in [-0.25, -0.2) is 0 Å². The Hall–Kier alpha value is -4.01. The number of carbonyl (C=O) groups is 3. The number of cyclic esters (lactones) is 1. The molecule has 0 saturated carbocycles. The van der Waals surface area contributed by atoms with E-state index in [2.05, 4.69) is 5.32 Å². The molecule has 15 N–H and O–H groups in total. The molecule has 3 heterocycles. The third kappa shape index (κ3) is 21.5. The Morgan fingerprint density at radius 1 is 0.730 bits per heavy atom. The van der Waals surface area contributed by atoms with Gasteiger partial charge < -0.3 is 91.5 Å². The Morgan fingerprint density at radius 3 is 1.92 bits per heavy atom. The highest BCUT2D eigenvalue weighted by Crippen LogP contribution is 2.38. The molecule has 420 valence electrons. The number of allylic oxidation sites excluding steroid dienone is 12. The van der Waals surface area contributed by atoms with Crippen LogP contribution < -0.4 is 16.8 Å². The Balaban J connectivity index is 1.94. The van der Waals surface area contributed by atoms with Crippen LogP contribution in [0.25, 0.3) is 0 Å². The monoisotopic (exact) mass is 1050 g/mol. The van der Waals surface area contributed by atoms with Crippen molar-refractivity contribution >= 4 is 17.8 Å². The van der Waals surface area contributed by atoms with Crippen LogP contribution in [0.3, 0.4) is 0 Å². The second kappa shape index (κ2) is 32.5. The number of nitrogens with one attached hydrogen (secondary N) is 1. The van der Waals surface area contributed by atoms with Crippen LogP contribution in [0.2, 0.25) is 0 Å². The van der Waals surface area contributed by atoms with E-state index in [-0.39, 0.29) is 38.0 Å². The third-order valence-corrected chi connectivity index (χ3v) is 13.5. The lowest BCUT2D eigenvalue weighted by molar-refractivity contribution is -0.309. The molecule has 0 aliphatic carbocycles. The van der Waals surface area contributed by atoms with Crippen LogP contribution in [0, 0.1) is 17.8 Å². The molecule has 3 aliphatic rings. The fourth-order valence-corrected chi connectivity index (χ4v) is 8.97. The maximum Gasteiger partial charge on any atom is 0.313 e. The second-order valence-electron chi connectivity index (χ2n) is 19.7. The van der Waals surface area contributed by atoms with Gasteiger partial charge in [-0.05, 0) is 52.5 Å². The van der Waals surface area contributed by atoms with E-state index in [1.807, 2.05) is 13.0 Å². The normalized spacial score (nSPS) is 41.7. The fourth-order valence-electron chi connectivity index (χ4n) is 8.97. The quantitative estimate of drug-likeness (QED) is 0.143. The summed E-state index contributed by atoms with van der Waals surface area (Å²) in [5.74, 6) is -6.79. The molecule has 74 heavy (non-hydrogen) atoms. The van der Waals surface area contributed by atoms with Gasteiger partial charge in [0.1, 0.15) is 24.2 Å². The van der Waals surface area contributed by atoms with Gasteiger partial charge in [0, 0.05) is 37.5 Å². The minimum atomic E-state index is -2.33. The molecule has 3 aliphatic heterocycles. The van der Waals surface area contributed by atoms with Gasteiger partial charge in [-0.3, -0.25) is 14.4 Å². The van der Waals surface area contributed by atoms with E-state index in [9.17, 15) is 65.4 Å². The summed E-state index contributed by atoms with van der Waals surface area (Å²) in [7, 11) is 1.10. The number of carbonyl (C=O) groups excluding carboxylic acids is 3. The summed E-state index contributed by atoms with van der Waals surface area (Å²) in [5.41, 5.74) is 11.6. The molecular formula is C53H85N3O18.